The summed E-state index contributed by atoms with van der Waals surface area (Å²) in [5.74, 6) is -0.979. The number of nitrogens with zero attached hydrogens (tertiary/aromatic N) is 2. The van der Waals surface area contributed by atoms with Crippen LogP contribution in [-0.2, 0) is 33.5 Å². The molecule has 15 heteroatoms. The standard InChI is InChI=1S/C18H16N2O10S3/c21-18-15-4-2-1-3-14(15)16(11-17(18)33(25,26)27)20-19-12-5-7-13(8-6-12)32(23,24)10-9-28-31-30-29-22/h1-8,11,21-22H,9-10H2,(H,25,26,27)/b20-19+. The van der Waals surface area contributed by atoms with Gasteiger partial charge in [0.25, 0.3) is 10.1 Å². The molecule has 0 spiro atoms. The van der Waals surface area contributed by atoms with Gasteiger partial charge in [0, 0.05) is 10.8 Å². The van der Waals surface area contributed by atoms with Gasteiger partial charge in [0.1, 0.15) is 10.6 Å². The highest BCUT2D eigenvalue weighted by Gasteiger charge is 2.20. The predicted octanol–water partition coefficient (Wildman–Crippen LogP) is 3.98. The Hall–Kier alpha value is -2.63. The van der Waals surface area contributed by atoms with Crippen molar-refractivity contribution >= 4 is 54.4 Å². The van der Waals surface area contributed by atoms with E-state index < -0.39 is 30.6 Å². The van der Waals surface area contributed by atoms with E-state index >= 15 is 0 Å². The van der Waals surface area contributed by atoms with E-state index in [1.54, 1.807) is 18.2 Å². The van der Waals surface area contributed by atoms with E-state index in [4.69, 9.17) is 9.44 Å². The van der Waals surface area contributed by atoms with Crippen LogP contribution in [0.4, 0.5) is 11.4 Å². The van der Waals surface area contributed by atoms with E-state index in [9.17, 15) is 26.5 Å². The molecular formula is C18H16N2O10S3. The summed E-state index contributed by atoms with van der Waals surface area (Å²) in [6.45, 7) is -0.234. The second-order valence-corrected chi connectivity index (χ2v) is 10.3. The Bertz CT molecular complexity index is 1370. The van der Waals surface area contributed by atoms with Gasteiger partial charge in [-0.3, -0.25) is 8.74 Å². The lowest BCUT2D eigenvalue weighted by atomic mass is 10.1. The van der Waals surface area contributed by atoms with Crippen LogP contribution >= 0.6 is 12.3 Å². The lowest BCUT2D eigenvalue weighted by Gasteiger charge is -2.08. The maximum absolute atomic E-state index is 12.3. The highest BCUT2D eigenvalue weighted by molar-refractivity contribution is 7.91. The zero-order valence-corrected chi connectivity index (χ0v) is 18.9. The number of benzene rings is 3. The molecule has 0 aliphatic heterocycles. The smallest absolute Gasteiger partial charge is 0.298 e. The Kier molecular flexibility index (Phi) is 7.98. The molecule has 3 aromatic carbocycles. The van der Waals surface area contributed by atoms with Gasteiger partial charge in [0.15, 0.2) is 22.2 Å². The molecule has 0 fully saturated rings. The summed E-state index contributed by atoms with van der Waals surface area (Å²) < 4.78 is 65.9. The van der Waals surface area contributed by atoms with Crippen molar-refractivity contribution in [1.29, 1.82) is 0 Å². The SMILES string of the molecule is O=S(=O)(O)c1cc(/N=N/c2ccc(S(=O)(=O)CCOSOOO)cc2)c2ccccc2c1O. The van der Waals surface area contributed by atoms with Crippen molar-refractivity contribution in [3.05, 3.63) is 54.6 Å². The fourth-order valence-corrected chi connectivity index (χ4v) is 4.78. The maximum atomic E-state index is 12.3. The van der Waals surface area contributed by atoms with Crippen molar-refractivity contribution in [3.63, 3.8) is 0 Å². The molecule has 3 aromatic rings. The number of hydrogen-bond acceptors (Lipinski definition) is 12. The molecule has 0 heterocycles. The fourth-order valence-electron chi connectivity index (χ4n) is 2.75. The summed E-state index contributed by atoms with van der Waals surface area (Å²) in [5, 5.41) is 30.0. The van der Waals surface area contributed by atoms with E-state index in [-0.39, 0.29) is 46.3 Å². The first-order valence-corrected chi connectivity index (χ1v) is 12.6. The molecule has 12 nitrogen and oxygen atoms in total. The van der Waals surface area contributed by atoms with Crippen LogP contribution in [0.1, 0.15) is 0 Å². The Morgan fingerprint density at radius 1 is 0.939 bits per heavy atom. The molecule has 3 N–H and O–H groups in total. The van der Waals surface area contributed by atoms with Gasteiger partial charge in [-0.25, -0.2) is 13.7 Å². The minimum atomic E-state index is -4.72. The fraction of sp³-hybridized carbons (Fsp3) is 0.111. The quantitative estimate of drug-likeness (QED) is 0.0885. The maximum Gasteiger partial charge on any atom is 0.298 e. The second kappa shape index (κ2) is 10.5. The number of azo groups is 1. The molecule has 176 valence electrons. The van der Waals surface area contributed by atoms with Crippen LogP contribution in [0.25, 0.3) is 10.8 Å². The topological polar surface area (TPSA) is 181 Å². The van der Waals surface area contributed by atoms with Crippen molar-refractivity contribution in [1.82, 2.24) is 0 Å². The van der Waals surface area contributed by atoms with Crippen LogP contribution in [0.3, 0.4) is 0 Å². The number of sulfone groups is 1. The van der Waals surface area contributed by atoms with Gasteiger partial charge in [0.05, 0.1) is 28.6 Å². The molecule has 0 saturated carbocycles. The molecule has 0 aliphatic carbocycles. The number of fused-ring (bicyclic) bond motifs is 1. The third kappa shape index (κ3) is 6.24. The molecular weight excluding hydrogens is 500 g/mol. The minimum absolute atomic E-state index is 0.00174. The average molecular weight is 517 g/mol. The summed E-state index contributed by atoms with van der Waals surface area (Å²) >= 11 is 0.267. The molecule has 0 saturated heterocycles. The molecule has 0 unspecified atom stereocenters. The van der Waals surface area contributed by atoms with E-state index in [0.29, 0.717) is 5.39 Å². The molecule has 0 atom stereocenters. The third-order valence-electron chi connectivity index (χ3n) is 4.25. The van der Waals surface area contributed by atoms with Crippen molar-refractivity contribution in [3.8, 4) is 5.75 Å². The number of rotatable bonds is 10. The third-order valence-corrected chi connectivity index (χ3v) is 7.19. The second-order valence-electron chi connectivity index (χ2n) is 6.31. The first-order valence-electron chi connectivity index (χ1n) is 8.86. The van der Waals surface area contributed by atoms with Gasteiger partial charge < -0.3 is 5.11 Å². The van der Waals surface area contributed by atoms with Crippen LogP contribution < -0.4 is 0 Å². The molecule has 33 heavy (non-hydrogen) atoms. The average Bonchev–Trinajstić information content (AvgIpc) is 2.78. The van der Waals surface area contributed by atoms with E-state index in [2.05, 4.69) is 19.6 Å². The lowest BCUT2D eigenvalue weighted by molar-refractivity contribution is -0.434. The molecule has 0 amide bonds. The lowest BCUT2D eigenvalue weighted by Crippen LogP contribution is -2.10. The Morgan fingerprint density at radius 3 is 2.24 bits per heavy atom. The molecule has 0 aromatic heterocycles. The summed E-state index contributed by atoms with van der Waals surface area (Å²) in [6.07, 6.45) is 0. The van der Waals surface area contributed by atoms with Gasteiger partial charge in [-0.15, -0.1) is 9.45 Å². The van der Waals surface area contributed by atoms with Gasteiger partial charge in [-0.05, 0) is 30.3 Å². The van der Waals surface area contributed by atoms with Crippen molar-refractivity contribution < 1.29 is 45.3 Å². The van der Waals surface area contributed by atoms with Gasteiger partial charge in [-0.2, -0.15) is 13.5 Å². The number of phenols is 1. The van der Waals surface area contributed by atoms with Crippen LogP contribution in [0.2, 0.25) is 0 Å². The Morgan fingerprint density at radius 2 is 1.61 bits per heavy atom. The van der Waals surface area contributed by atoms with E-state index in [1.165, 1.54) is 30.3 Å². The number of phenolic OH excluding ortho intramolecular Hbond substituents is 1. The normalized spacial score (nSPS) is 12.5. The largest absolute Gasteiger partial charge is 0.506 e. The summed E-state index contributed by atoms with van der Waals surface area (Å²) in [5.41, 5.74) is 0.330. The highest BCUT2D eigenvalue weighted by Crippen LogP contribution is 2.38. The molecule has 0 aliphatic rings. The Balaban J connectivity index is 1.84. The zero-order valence-electron chi connectivity index (χ0n) is 16.4. The molecule has 0 radical (unpaired) electrons. The minimum Gasteiger partial charge on any atom is -0.506 e. The van der Waals surface area contributed by atoms with Crippen LogP contribution in [-0.4, -0.2) is 44.1 Å². The van der Waals surface area contributed by atoms with E-state index in [1.807, 2.05) is 0 Å². The zero-order chi connectivity index (χ0) is 24.1. The monoisotopic (exact) mass is 516 g/mol. The summed E-state index contributed by atoms with van der Waals surface area (Å²) in [7, 11) is -8.40. The summed E-state index contributed by atoms with van der Waals surface area (Å²) in [4.78, 5) is -0.717. The predicted molar refractivity (Wildman–Crippen MR) is 116 cm³/mol. The Labute approximate surface area is 192 Å². The molecule has 0 bridgehead atoms. The number of hydrogen-bond donors (Lipinski definition) is 3. The highest BCUT2D eigenvalue weighted by atomic mass is 32.2. The first kappa shape index (κ1) is 25.0. The van der Waals surface area contributed by atoms with Gasteiger partial charge >= 0.3 is 0 Å². The summed E-state index contributed by atoms with van der Waals surface area (Å²) in [6, 6.07) is 12.7. The van der Waals surface area contributed by atoms with Crippen LogP contribution in [0.5, 0.6) is 5.75 Å². The molecule has 3 rings (SSSR count). The van der Waals surface area contributed by atoms with Gasteiger partial charge in [0.2, 0.25) is 0 Å². The van der Waals surface area contributed by atoms with Gasteiger partial charge in [-0.1, -0.05) is 29.3 Å². The number of aromatic hydroxyl groups is 1. The van der Waals surface area contributed by atoms with Crippen LogP contribution in [0, 0.1) is 0 Å². The van der Waals surface area contributed by atoms with Crippen LogP contribution in [0.15, 0.2) is 74.6 Å². The first-order chi connectivity index (χ1) is 15.6. The van der Waals surface area contributed by atoms with Crippen molar-refractivity contribution in [2.24, 2.45) is 10.2 Å². The van der Waals surface area contributed by atoms with Crippen molar-refractivity contribution in [2.75, 3.05) is 12.4 Å². The van der Waals surface area contributed by atoms with E-state index in [0.717, 1.165) is 6.07 Å². The van der Waals surface area contributed by atoms with Crippen molar-refractivity contribution in [2.45, 2.75) is 9.79 Å².